The van der Waals surface area contributed by atoms with E-state index in [9.17, 15) is 13.6 Å². The molecule has 0 aromatic heterocycles. The average Bonchev–Trinajstić information content (AvgIpc) is 2.50. The van der Waals surface area contributed by atoms with Crippen molar-refractivity contribution in [2.45, 2.75) is 19.1 Å². The van der Waals surface area contributed by atoms with Crippen LogP contribution in [0, 0.1) is 0 Å². The Morgan fingerprint density at radius 1 is 1.16 bits per heavy atom. The van der Waals surface area contributed by atoms with Crippen molar-refractivity contribution in [2.75, 3.05) is 0 Å². The van der Waals surface area contributed by atoms with E-state index in [-0.39, 0.29) is 12.2 Å². The van der Waals surface area contributed by atoms with Crippen LogP contribution in [0.4, 0.5) is 8.78 Å². The van der Waals surface area contributed by atoms with E-state index in [1.165, 1.54) is 18.2 Å². The highest BCUT2D eigenvalue weighted by atomic mass is 79.9. The lowest BCUT2D eigenvalue weighted by molar-refractivity contribution is -0.138. The summed E-state index contributed by atoms with van der Waals surface area (Å²) in [6.45, 7) is -2.92. The molecule has 3 N–H and O–H groups in total. The van der Waals surface area contributed by atoms with Gasteiger partial charge in [0.05, 0.1) is 8.95 Å². The average molecular weight is 481 g/mol. The molecule has 1 unspecified atom stereocenters. The van der Waals surface area contributed by atoms with Crippen LogP contribution in [0.15, 0.2) is 45.3 Å². The Morgan fingerprint density at radius 3 is 2.32 bits per heavy atom. The standard InChI is InChI=1S/C16H13Br2F2NO4/c17-11-4-8(6-13(21)15(22)23)5-12(18)14(11)24-9-2-1-3-10(7-9)25-16(19)20/h1-5,7,13,16H,6,21H2,(H,22,23). The van der Waals surface area contributed by atoms with E-state index in [0.717, 1.165) is 0 Å². The second-order valence-corrected chi connectivity index (χ2v) is 6.70. The zero-order valence-electron chi connectivity index (χ0n) is 12.6. The minimum absolute atomic E-state index is 0.0243. The molecule has 0 fully saturated rings. The molecule has 134 valence electrons. The van der Waals surface area contributed by atoms with Gasteiger partial charge in [-0.25, -0.2) is 0 Å². The molecule has 0 aliphatic carbocycles. The molecule has 0 aliphatic rings. The minimum Gasteiger partial charge on any atom is -0.480 e. The monoisotopic (exact) mass is 479 g/mol. The molecule has 0 amide bonds. The first-order valence-electron chi connectivity index (χ1n) is 6.95. The van der Waals surface area contributed by atoms with Gasteiger partial charge in [0.1, 0.15) is 17.5 Å². The quantitative estimate of drug-likeness (QED) is 0.607. The van der Waals surface area contributed by atoms with Crippen molar-refractivity contribution >= 4 is 37.8 Å². The maximum Gasteiger partial charge on any atom is 0.387 e. The van der Waals surface area contributed by atoms with Gasteiger partial charge >= 0.3 is 12.6 Å². The molecular weight excluding hydrogens is 468 g/mol. The SMILES string of the molecule is NC(Cc1cc(Br)c(Oc2cccc(OC(F)F)c2)c(Br)c1)C(=O)O. The number of aliphatic carboxylic acids is 1. The molecule has 0 spiro atoms. The maximum absolute atomic E-state index is 12.3. The number of carboxylic acid groups (broad SMARTS) is 1. The molecule has 0 heterocycles. The predicted molar refractivity (Wildman–Crippen MR) is 94.3 cm³/mol. The first-order valence-corrected chi connectivity index (χ1v) is 8.54. The molecule has 2 aromatic carbocycles. The van der Waals surface area contributed by atoms with Gasteiger partial charge in [0.15, 0.2) is 5.75 Å². The van der Waals surface area contributed by atoms with Crippen LogP contribution in [0.1, 0.15) is 5.56 Å². The third kappa shape index (κ3) is 5.65. The third-order valence-electron chi connectivity index (χ3n) is 3.08. The molecule has 25 heavy (non-hydrogen) atoms. The fourth-order valence-corrected chi connectivity index (χ4v) is 3.44. The highest BCUT2D eigenvalue weighted by Crippen LogP contribution is 2.38. The van der Waals surface area contributed by atoms with E-state index >= 15 is 0 Å². The lowest BCUT2D eigenvalue weighted by Gasteiger charge is -2.14. The van der Waals surface area contributed by atoms with Crippen molar-refractivity contribution in [3.63, 3.8) is 0 Å². The Labute approximate surface area is 159 Å². The highest BCUT2D eigenvalue weighted by Gasteiger charge is 2.16. The summed E-state index contributed by atoms with van der Waals surface area (Å²) in [5.74, 6) is -0.413. The largest absolute Gasteiger partial charge is 0.480 e. The number of alkyl halides is 2. The van der Waals surface area contributed by atoms with Crippen LogP contribution in [0.25, 0.3) is 0 Å². The van der Waals surface area contributed by atoms with Gasteiger partial charge in [-0.05, 0) is 68.1 Å². The van der Waals surface area contributed by atoms with Gasteiger partial charge in [-0.15, -0.1) is 0 Å². The van der Waals surface area contributed by atoms with Crippen LogP contribution in [0.3, 0.4) is 0 Å². The van der Waals surface area contributed by atoms with E-state index in [4.69, 9.17) is 15.6 Å². The first-order chi connectivity index (χ1) is 11.8. The second kappa shape index (κ2) is 8.59. The van der Waals surface area contributed by atoms with Crippen LogP contribution in [-0.2, 0) is 11.2 Å². The number of ether oxygens (including phenoxy) is 2. The lowest BCUT2D eigenvalue weighted by Crippen LogP contribution is -2.32. The molecule has 0 saturated carbocycles. The summed E-state index contributed by atoms with van der Waals surface area (Å²) in [5, 5.41) is 8.88. The number of halogens is 4. The van der Waals surface area contributed by atoms with Crippen molar-refractivity contribution in [3.05, 3.63) is 50.9 Å². The van der Waals surface area contributed by atoms with E-state index in [1.54, 1.807) is 18.2 Å². The smallest absolute Gasteiger partial charge is 0.387 e. The van der Waals surface area contributed by atoms with Gasteiger partial charge in [0.25, 0.3) is 0 Å². The molecule has 9 heteroatoms. The summed E-state index contributed by atoms with van der Waals surface area (Å²) in [6.07, 6.45) is 0.143. The van der Waals surface area contributed by atoms with Crippen LogP contribution < -0.4 is 15.2 Å². The second-order valence-electron chi connectivity index (χ2n) is 4.99. The molecule has 0 bridgehead atoms. The number of carbonyl (C=O) groups is 1. The fourth-order valence-electron chi connectivity index (χ4n) is 2.00. The Kier molecular flexibility index (Phi) is 6.74. The first kappa shape index (κ1) is 19.6. The fraction of sp³-hybridized carbons (Fsp3) is 0.188. The third-order valence-corrected chi connectivity index (χ3v) is 4.26. The Bertz CT molecular complexity index is 751. The van der Waals surface area contributed by atoms with Crippen LogP contribution in [0.5, 0.6) is 17.2 Å². The molecule has 0 aliphatic heterocycles. The number of rotatable bonds is 7. The molecule has 1 atom stereocenters. The van der Waals surface area contributed by atoms with Crippen molar-refractivity contribution in [3.8, 4) is 17.2 Å². The highest BCUT2D eigenvalue weighted by molar-refractivity contribution is 9.11. The zero-order chi connectivity index (χ0) is 18.6. The number of hydrogen-bond acceptors (Lipinski definition) is 4. The van der Waals surface area contributed by atoms with E-state index in [2.05, 4.69) is 36.6 Å². The van der Waals surface area contributed by atoms with Crippen molar-refractivity contribution < 1.29 is 28.2 Å². The molecule has 5 nitrogen and oxygen atoms in total. The molecular formula is C16H13Br2F2NO4. The number of carboxylic acids is 1. The van der Waals surface area contributed by atoms with Crippen molar-refractivity contribution in [2.24, 2.45) is 5.73 Å². The van der Waals surface area contributed by atoms with Crippen molar-refractivity contribution in [1.29, 1.82) is 0 Å². The van der Waals surface area contributed by atoms with Crippen LogP contribution >= 0.6 is 31.9 Å². The lowest BCUT2D eigenvalue weighted by atomic mass is 10.1. The van der Waals surface area contributed by atoms with Gasteiger partial charge in [0, 0.05) is 6.07 Å². The predicted octanol–water partition coefficient (Wildman–Crippen LogP) is 4.56. The van der Waals surface area contributed by atoms with Crippen molar-refractivity contribution in [1.82, 2.24) is 0 Å². The van der Waals surface area contributed by atoms with Crippen LogP contribution in [0.2, 0.25) is 0 Å². The van der Waals surface area contributed by atoms with Gasteiger partial charge in [-0.1, -0.05) is 6.07 Å². The summed E-state index contributed by atoms with van der Waals surface area (Å²) in [7, 11) is 0. The molecule has 0 radical (unpaired) electrons. The van der Waals surface area contributed by atoms with Gasteiger partial charge in [-0.3, -0.25) is 4.79 Å². The normalized spacial score (nSPS) is 12.1. The zero-order valence-corrected chi connectivity index (χ0v) is 15.8. The maximum atomic E-state index is 12.3. The summed E-state index contributed by atoms with van der Waals surface area (Å²) >= 11 is 6.69. The molecule has 2 rings (SSSR count). The minimum atomic E-state index is -2.92. The number of hydrogen-bond donors (Lipinski definition) is 2. The Balaban J connectivity index is 2.21. The van der Waals surface area contributed by atoms with E-state index < -0.39 is 18.6 Å². The summed E-state index contributed by atoms with van der Waals surface area (Å²) in [4.78, 5) is 10.9. The van der Waals surface area contributed by atoms with E-state index in [1.807, 2.05) is 0 Å². The summed E-state index contributed by atoms with van der Waals surface area (Å²) in [5.41, 5.74) is 6.22. The van der Waals surface area contributed by atoms with Gasteiger partial charge in [-0.2, -0.15) is 8.78 Å². The number of nitrogens with two attached hydrogens (primary N) is 1. The topological polar surface area (TPSA) is 81.8 Å². The molecule has 0 saturated heterocycles. The Morgan fingerprint density at radius 2 is 1.76 bits per heavy atom. The van der Waals surface area contributed by atoms with Gasteiger partial charge in [0.2, 0.25) is 0 Å². The number of benzene rings is 2. The van der Waals surface area contributed by atoms with E-state index in [0.29, 0.717) is 26.0 Å². The molecule has 2 aromatic rings. The van der Waals surface area contributed by atoms with Crippen LogP contribution in [-0.4, -0.2) is 23.7 Å². The summed E-state index contributed by atoms with van der Waals surface area (Å²) in [6, 6.07) is 8.18. The Hall–Kier alpha value is -1.71. The van der Waals surface area contributed by atoms with Gasteiger partial charge < -0.3 is 20.3 Å². The summed E-state index contributed by atoms with van der Waals surface area (Å²) < 4.78 is 35.7.